The molecule has 108 valence electrons. The van der Waals surface area contributed by atoms with Crippen molar-refractivity contribution >= 4 is 5.69 Å². The lowest BCUT2D eigenvalue weighted by Gasteiger charge is -2.08. The highest BCUT2D eigenvalue weighted by molar-refractivity contribution is 5.43. The fourth-order valence-corrected chi connectivity index (χ4v) is 1.74. The second kappa shape index (κ2) is 8.23. The first-order valence-corrected chi connectivity index (χ1v) is 7.01. The molecule has 0 radical (unpaired) electrons. The van der Waals surface area contributed by atoms with Gasteiger partial charge >= 0.3 is 0 Å². The smallest absolute Gasteiger partial charge is 0.127 e. The standard InChI is InChI=1S/C15H18N2O.C2H6/c1-11(16)10-12-2-6-14(7-3-12)18-15-8-4-13(17)5-9-15;1-2/h2-9,11H,10,16-17H2,1H3;1-2H3. The number of nitrogens with two attached hydrogens (primary N) is 2. The van der Waals surface area contributed by atoms with Gasteiger partial charge in [-0.05, 0) is 55.3 Å². The monoisotopic (exact) mass is 272 g/mol. The molecule has 0 aliphatic carbocycles. The van der Waals surface area contributed by atoms with Crippen LogP contribution in [0.3, 0.4) is 0 Å². The van der Waals surface area contributed by atoms with Crippen molar-refractivity contribution in [3.8, 4) is 11.5 Å². The van der Waals surface area contributed by atoms with Crippen LogP contribution in [0.2, 0.25) is 0 Å². The molecular formula is C17H24N2O. The molecule has 3 heteroatoms. The van der Waals surface area contributed by atoms with Crippen LogP contribution in [0.1, 0.15) is 26.3 Å². The van der Waals surface area contributed by atoms with Crippen LogP contribution in [0.15, 0.2) is 48.5 Å². The van der Waals surface area contributed by atoms with Crippen molar-refractivity contribution < 1.29 is 4.74 Å². The van der Waals surface area contributed by atoms with Crippen LogP contribution in [-0.4, -0.2) is 6.04 Å². The summed E-state index contributed by atoms with van der Waals surface area (Å²) in [5.74, 6) is 1.59. The van der Waals surface area contributed by atoms with E-state index >= 15 is 0 Å². The number of nitrogen functional groups attached to an aromatic ring is 1. The van der Waals surface area contributed by atoms with Crippen LogP contribution < -0.4 is 16.2 Å². The first-order valence-electron chi connectivity index (χ1n) is 7.01. The SMILES string of the molecule is CC.CC(N)Cc1ccc(Oc2ccc(N)cc2)cc1. The maximum absolute atomic E-state index is 5.76. The molecule has 0 aliphatic heterocycles. The zero-order valence-electron chi connectivity index (χ0n) is 12.5. The first kappa shape index (κ1) is 16.1. The lowest BCUT2D eigenvalue weighted by Crippen LogP contribution is -2.17. The Hall–Kier alpha value is -2.00. The number of hydrogen-bond acceptors (Lipinski definition) is 3. The van der Waals surface area contributed by atoms with Crippen LogP contribution in [-0.2, 0) is 6.42 Å². The summed E-state index contributed by atoms with van der Waals surface area (Å²) in [6, 6.07) is 15.5. The number of anilines is 1. The van der Waals surface area contributed by atoms with Gasteiger partial charge in [-0.2, -0.15) is 0 Å². The van der Waals surface area contributed by atoms with E-state index in [4.69, 9.17) is 16.2 Å². The summed E-state index contributed by atoms with van der Waals surface area (Å²) in [6.07, 6.45) is 0.877. The Kier molecular flexibility index (Phi) is 6.60. The number of rotatable bonds is 4. The molecule has 0 spiro atoms. The summed E-state index contributed by atoms with van der Waals surface area (Å²) >= 11 is 0. The van der Waals surface area contributed by atoms with Gasteiger partial charge in [-0.1, -0.05) is 26.0 Å². The Morgan fingerprint density at radius 2 is 1.35 bits per heavy atom. The second-order valence-electron chi connectivity index (χ2n) is 4.50. The Morgan fingerprint density at radius 1 is 0.900 bits per heavy atom. The topological polar surface area (TPSA) is 61.3 Å². The van der Waals surface area contributed by atoms with Crippen molar-refractivity contribution in [2.45, 2.75) is 33.2 Å². The largest absolute Gasteiger partial charge is 0.457 e. The van der Waals surface area contributed by atoms with E-state index in [-0.39, 0.29) is 6.04 Å². The minimum atomic E-state index is 0.175. The van der Waals surface area contributed by atoms with Gasteiger partial charge in [-0.15, -0.1) is 0 Å². The highest BCUT2D eigenvalue weighted by atomic mass is 16.5. The van der Waals surface area contributed by atoms with Crippen LogP contribution in [0, 0.1) is 0 Å². The van der Waals surface area contributed by atoms with Crippen molar-refractivity contribution in [3.63, 3.8) is 0 Å². The number of hydrogen-bond donors (Lipinski definition) is 2. The van der Waals surface area contributed by atoms with Crippen molar-refractivity contribution in [1.29, 1.82) is 0 Å². The van der Waals surface area contributed by atoms with Gasteiger partial charge in [0.2, 0.25) is 0 Å². The van der Waals surface area contributed by atoms with Crippen LogP contribution in [0.25, 0.3) is 0 Å². The molecule has 1 unspecified atom stereocenters. The lowest BCUT2D eigenvalue weighted by atomic mass is 10.1. The van der Waals surface area contributed by atoms with Crippen molar-refractivity contribution in [1.82, 2.24) is 0 Å². The van der Waals surface area contributed by atoms with Gasteiger partial charge in [0.25, 0.3) is 0 Å². The molecule has 3 nitrogen and oxygen atoms in total. The van der Waals surface area contributed by atoms with E-state index in [1.807, 2.05) is 69.3 Å². The highest BCUT2D eigenvalue weighted by Gasteiger charge is 2.00. The fraction of sp³-hybridized carbons (Fsp3) is 0.294. The molecule has 0 bridgehead atoms. The minimum Gasteiger partial charge on any atom is -0.457 e. The summed E-state index contributed by atoms with van der Waals surface area (Å²) in [6.45, 7) is 6.00. The lowest BCUT2D eigenvalue weighted by molar-refractivity contribution is 0.482. The van der Waals surface area contributed by atoms with Gasteiger partial charge in [-0.25, -0.2) is 0 Å². The van der Waals surface area contributed by atoms with Crippen molar-refractivity contribution in [3.05, 3.63) is 54.1 Å². The maximum Gasteiger partial charge on any atom is 0.127 e. The van der Waals surface area contributed by atoms with Crippen molar-refractivity contribution in [2.75, 3.05) is 5.73 Å². The van der Waals surface area contributed by atoms with Gasteiger partial charge in [-0.3, -0.25) is 0 Å². The molecule has 20 heavy (non-hydrogen) atoms. The van der Waals surface area contributed by atoms with E-state index in [9.17, 15) is 0 Å². The quantitative estimate of drug-likeness (QED) is 0.828. The van der Waals surface area contributed by atoms with Gasteiger partial charge in [0.1, 0.15) is 11.5 Å². The van der Waals surface area contributed by atoms with Gasteiger partial charge in [0, 0.05) is 11.7 Å². The molecule has 0 heterocycles. The third kappa shape index (κ3) is 5.33. The predicted molar refractivity (Wildman–Crippen MR) is 86.1 cm³/mol. The summed E-state index contributed by atoms with van der Waals surface area (Å²) in [5.41, 5.74) is 13.3. The zero-order valence-corrected chi connectivity index (χ0v) is 12.5. The predicted octanol–water partition coefficient (Wildman–Crippen LogP) is 3.98. The zero-order chi connectivity index (χ0) is 15.0. The molecule has 0 fully saturated rings. The van der Waals surface area contributed by atoms with Gasteiger partial charge < -0.3 is 16.2 Å². The van der Waals surface area contributed by atoms with Crippen LogP contribution in [0.4, 0.5) is 5.69 Å². The van der Waals surface area contributed by atoms with Gasteiger partial charge in [0.05, 0.1) is 0 Å². The Labute approximate surface area is 121 Å². The molecule has 1 atom stereocenters. The summed E-state index contributed by atoms with van der Waals surface area (Å²) in [7, 11) is 0. The molecule has 2 aromatic rings. The molecule has 4 N–H and O–H groups in total. The Bertz CT molecular complexity index is 489. The van der Waals surface area contributed by atoms with E-state index in [1.54, 1.807) is 0 Å². The van der Waals surface area contributed by atoms with E-state index in [0.717, 1.165) is 23.6 Å². The second-order valence-corrected chi connectivity index (χ2v) is 4.50. The van der Waals surface area contributed by atoms with Gasteiger partial charge in [0.15, 0.2) is 0 Å². The Morgan fingerprint density at radius 3 is 1.80 bits per heavy atom. The molecule has 0 saturated carbocycles. The molecule has 2 rings (SSSR count). The minimum absolute atomic E-state index is 0.175. The molecular weight excluding hydrogens is 248 g/mol. The molecule has 0 saturated heterocycles. The normalized spacial score (nSPS) is 11.2. The van der Waals surface area contributed by atoms with E-state index in [1.165, 1.54) is 5.56 Å². The first-order chi connectivity index (χ1) is 9.63. The molecule has 0 amide bonds. The summed E-state index contributed by atoms with van der Waals surface area (Å²) in [4.78, 5) is 0. The average molecular weight is 272 g/mol. The van der Waals surface area contributed by atoms with Crippen LogP contribution >= 0.6 is 0 Å². The molecule has 0 aliphatic rings. The van der Waals surface area contributed by atoms with E-state index in [2.05, 4.69) is 0 Å². The third-order valence-corrected chi connectivity index (χ3v) is 2.60. The number of benzene rings is 2. The van der Waals surface area contributed by atoms with E-state index < -0.39 is 0 Å². The fourth-order valence-electron chi connectivity index (χ4n) is 1.74. The Balaban J connectivity index is 0.000000956. The maximum atomic E-state index is 5.76. The molecule has 2 aromatic carbocycles. The van der Waals surface area contributed by atoms with E-state index in [0.29, 0.717) is 0 Å². The summed E-state index contributed by atoms with van der Waals surface area (Å²) < 4.78 is 5.71. The molecule has 0 aromatic heterocycles. The highest BCUT2D eigenvalue weighted by Crippen LogP contribution is 2.22. The number of ether oxygens (including phenoxy) is 1. The van der Waals surface area contributed by atoms with Crippen molar-refractivity contribution in [2.24, 2.45) is 5.73 Å². The van der Waals surface area contributed by atoms with Crippen LogP contribution in [0.5, 0.6) is 11.5 Å². The third-order valence-electron chi connectivity index (χ3n) is 2.60. The summed E-state index contributed by atoms with van der Waals surface area (Å²) in [5, 5.41) is 0. The average Bonchev–Trinajstić information content (AvgIpc) is 2.45.